The lowest BCUT2D eigenvalue weighted by molar-refractivity contribution is -0.125. The highest BCUT2D eigenvalue weighted by atomic mass is 16.6. The largest absolute Gasteiger partial charge is 0.444 e. The maximum Gasteiger partial charge on any atom is 0.410 e. The van der Waals surface area contributed by atoms with Crippen molar-refractivity contribution in [3.05, 3.63) is 0 Å². The van der Waals surface area contributed by atoms with E-state index in [2.05, 4.69) is 0 Å². The second kappa shape index (κ2) is 5.84. The number of hydrogen-bond acceptors (Lipinski definition) is 4. The molecule has 1 atom stereocenters. The Bertz CT molecular complexity index is 257. The Morgan fingerprint density at radius 3 is 2.25 bits per heavy atom. The van der Waals surface area contributed by atoms with Crippen LogP contribution in [-0.2, 0) is 9.53 Å². The number of hydrogen-bond donors (Lipinski definition) is 1. The molecule has 0 aliphatic carbocycles. The molecule has 5 nitrogen and oxygen atoms in total. The van der Waals surface area contributed by atoms with Crippen molar-refractivity contribution in [1.29, 1.82) is 0 Å². The molecule has 0 aromatic heterocycles. The summed E-state index contributed by atoms with van der Waals surface area (Å²) in [6.07, 6.45) is -1.24. The van der Waals surface area contributed by atoms with E-state index in [0.29, 0.717) is 0 Å². The average molecular weight is 231 g/mol. The summed E-state index contributed by atoms with van der Waals surface area (Å²) < 4.78 is 5.11. The molecule has 0 saturated carbocycles. The van der Waals surface area contributed by atoms with Crippen LogP contribution in [-0.4, -0.2) is 47.2 Å². The van der Waals surface area contributed by atoms with Gasteiger partial charge in [0.1, 0.15) is 11.7 Å². The van der Waals surface area contributed by atoms with Crippen LogP contribution < -0.4 is 0 Å². The summed E-state index contributed by atoms with van der Waals surface area (Å²) in [6.45, 7) is 6.95. The predicted molar refractivity (Wildman–Crippen MR) is 60.2 cm³/mol. The topological polar surface area (TPSA) is 66.8 Å². The monoisotopic (exact) mass is 231 g/mol. The van der Waals surface area contributed by atoms with Gasteiger partial charge in [0, 0.05) is 13.6 Å². The van der Waals surface area contributed by atoms with Crippen LogP contribution in [0.5, 0.6) is 0 Å². The Morgan fingerprint density at radius 2 is 1.88 bits per heavy atom. The van der Waals surface area contributed by atoms with Gasteiger partial charge in [0.2, 0.25) is 0 Å². The number of amides is 1. The van der Waals surface area contributed by atoms with Crippen LogP contribution in [0.2, 0.25) is 0 Å². The van der Waals surface area contributed by atoms with E-state index in [-0.39, 0.29) is 18.7 Å². The molecule has 1 unspecified atom stereocenters. The number of aliphatic hydroxyl groups excluding tert-OH is 1. The fraction of sp³-hybridized carbons (Fsp3) is 0.818. The van der Waals surface area contributed by atoms with Crippen molar-refractivity contribution in [2.45, 2.75) is 45.8 Å². The third-order valence-corrected chi connectivity index (χ3v) is 1.91. The number of ether oxygens (including phenoxy) is 1. The van der Waals surface area contributed by atoms with E-state index in [0.717, 1.165) is 0 Å². The lowest BCUT2D eigenvalue weighted by Crippen LogP contribution is -2.36. The number of aliphatic hydroxyl groups is 1. The Hall–Kier alpha value is -1.10. The van der Waals surface area contributed by atoms with Crippen molar-refractivity contribution in [1.82, 2.24) is 4.90 Å². The molecule has 1 amide bonds. The van der Waals surface area contributed by atoms with Gasteiger partial charge in [-0.05, 0) is 34.1 Å². The Balaban J connectivity index is 4.02. The molecule has 5 heteroatoms. The predicted octanol–water partition coefficient (Wildman–Crippen LogP) is 1.19. The van der Waals surface area contributed by atoms with Gasteiger partial charge in [-0.15, -0.1) is 0 Å². The van der Waals surface area contributed by atoms with Crippen molar-refractivity contribution in [2.75, 3.05) is 13.6 Å². The van der Waals surface area contributed by atoms with Gasteiger partial charge in [-0.25, -0.2) is 4.79 Å². The lowest BCUT2D eigenvalue weighted by atomic mass is 10.2. The molecule has 0 rings (SSSR count). The maximum absolute atomic E-state index is 11.5. The van der Waals surface area contributed by atoms with Gasteiger partial charge >= 0.3 is 6.09 Å². The van der Waals surface area contributed by atoms with Crippen LogP contribution in [0, 0.1) is 0 Å². The molecule has 0 aliphatic rings. The number of carbonyl (C=O) groups is 2. The minimum atomic E-state index is -1.01. The summed E-state index contributed by atoms with van der Waals surface area (Å²) in [6, 6.07) is 0. The molecule has 0 heterocycles. The molecule has 0 bridgehead atoms. The summed E-state index contributed by atoms with van der Waals surface area (Å²) in [5.41, 5.74) is -0.537. The first-order valence-corrected chi connectivity index (χ1v) is 5.26. The number of Topliss-reactive ketones (excluding diaryl/α,β-unsaturated/α-hetero) is 1. The molecule has 94 valence electrons. The Labute approximate surface area is 96.4 Å². The molecule has 0 fully saturated rings. The zero-order chi connectivity index (χ0) is 12.9. The van der Waals surface area contributed by atoms with Crippen molar-refractivity contribution in [2.24, 2.45) is 0 Å². The average Bonchev–Trinajstić information content (AvgIpc) is 2.10. The molecule has 0 radical (unpaired) electrons. The van der Waals surface area contributed by atoms with E-state index in [1.807, 2.05) is 0 Å². The van der Waals surface area contributed by atoms with Crippen molar-refractivity contribution in [3.63, 3.8) is 0 Å². The first kappa shape index (κ1) is 14.9. The van der Waals surface area contributed by atoms with Gasteiger partial charge in [0.05, 0.1) is 0 Å². The van der Waals surface area contributed by atoms with Gasteiger partial charge in [-0.1, -0.05) is 0 Å². The van der Waals surface area contributed by atoms with Crippen LogP contribution >= 0.6 is 0 Å². The van der Waals surface area contributed by atoms with Gasteiger partial charge in [0.25, 0.3) is 0 Å². The molecule has 16 heavy (non-hydrogen) atoms. The van der Waals surface area contributed by atoms with E-state index in [4.69, 9.17) is 4.74 Å². The maximum atomic E-state index is 11.5. The zero-order valence-corrected chi connectivity index (χ0v) is 10.6. The number of ketones is 1. The van der Waals surface area contributed by atoms with E-state index >= 15 is 0 Å². The molecule has 0 saturated heterocycles. The molecule has 0 aromatic rings. The SMILES string of the molecule is CC(=O)C(O)CCN(C)C(=O)OC(C)(C)C. The van der Waals surface area contributed by atoms with E-state index in [1.165, 1.54) is 11.8 Å². The first-order chi connectivity index (χ1) is 7.13. The van der Waals surface area contributed by atoms with Gasteiger partial charge in [-0.3, -0.25) is 4.79 Å². The fourth-order valence-electron chi connectivity index (χ4n) is 0.950. The van der Waals surface area contributed by atoms with E-state index in [1.54, 1.807) is 27.8 Å². The second-order valence-electron chi connectivity index (χ2n) is 4.82. The van der Waals surface area contributed by atoms with Crippen LogP contribution in [0.3, 0.4) is 0 Å². The standard InChI is InChI=1S/C11H21NO4/c1-8(13)9(14)6-7-12(5)10(15)16-11(2,3)4/h9,14H,6-7H2,1-5H3. The minimum Gasteiger partial charge on any atom is -0.444 e. The molecule has 0 spiro atoms. The van der Waals surface area contributed by atoms with Crippen molar-refractivity contribution < 1.29 is 19.4 Å². The Kier molecular flexibility index (Phi) is 5.44. The first-order valence-electron chi connectivity index (χ1n) is 5.26. The van der Waals surface area contributed by atoms with E-state index < -0.39 is 17.8 Å². The molecule has 0 aromatic carbocycles. The fourth-order valence-corrected chi connectivity index (χ4v) is 0.950. The highest BCUT2D eigenvalue weighted by Gasteiger charge is 2.20. The van der Waals surface area contributed by atoms with Gasteiger partial charge < -0.3 is 14.7 Å². The minimum absolute atomic E-state index is 0.227. The molecular formula is C11H21NO4. The number of rotatable bonds is 4. The third-order valence-electron chi connectivity index (χ3n) is 1.91. The van der Waals surface area contributed by atoms with Crippen molar-refractivity contribution >= 4 is 11.9 Å². The lowest BCUT2D eigenvalue weighted by Gasteiger charge is -2.25. The Morgan fingerprint density at radius 1 is 1.38 bits per heavy atom. The van der Waals surface area contributed by atoms with Crippen LogP contribution in [0.25, 0.3) is 0 Å². The summed E-state index contributed by atoms with van der Waals surface area (Å²) >= 11 is 0. The quantitative estimate of drug-likeness (QED) is 0.789. The van der Waals surface area contributed by atoms with Crippen LogP contribution in [0.15, 0.2) is 0 Å². The van der Waals surface area contributed by atoms with Gasteiger partial charge in [0.15, 0.2) is 5.78 Å². The number of nitrogens with zero attached hydrogens (tertiary/aromatic N) is 1. The van der Waals surface area contributed by atoms with Crippen LogP contribution in [0.4, 0.5) is 4.79 Å². The van der Waals surface area contributed by atoms with Crippen molar-refractivity contribution in [3.8, 4) is 0 Å². The second-order valence-corrected chi connectivity index (χ2v) is 4.82. The summed E-state index contributed by atoms with van der Waals surface area (Å²) in [4.78, 5) is 23.6. The highest BCUT2D eigenvalue weighted by Crippen LogP contribution is 2.09. The summed E-state index contributed by atoms with van der Waals surface area (Å²) in [7, 11) is 1.57. The highest BCUT2D eigenvalue weighted by molar-refractivity contribution is 5.80. The zero-order valence-electron chi connectivity index (χ0n) is 10.6. The molecular weight excluding hydrogens is 210 g/mol. The summed E-state index contributed by atoms with van der Waals surface area (Å²) in [5.74, 6) is -0.294. The third kappa shape index (κ3) is 6.40. The molecule has 1 N–H and O–H groups in total. The number of carbonyl (C=O) groups excluding carboxylic acids is 2. The molecule has 0 aliphatic heterocycles. The summed E-state index contributed by atoms with van der Waals surface area (Å²) in [5, 5.41) is 9.26. The smallest absolute Gasteiger partial charge is 0.410 e. The van der Waals surface area contributed by atoms with Gasteiger partial charge in [-0.2, -0.15) is 0 Å². The normalized spacial score (nSPS) is 13.1. The van der Waals surface area contributed by atoms with E-state index in [9.17, 15) is 14.7 Å². The van der Waals surface area contributed by atoms with Crippen LogP contribution in [0.1, 0.15) is 34.1 Å².